The van der Waals surface area contributed by atoms with Gasteiger partial charge in [-0.25, -0.2) is 0 Å². The number of fused-ring (bicyclic) bond motifs is 5. The Kier molecular flexibility index (Phi) is 3.59. The van der Waals surface area contributed by atoms with E-state index in [-0.39, 0.29) is 17.2 Å². The van der Waals surface area contributed by atoms with E-state index in [1.54, 1.807) is 12.1 Å². The van der Waals surface area contributed by atoms with Crippen LogP contribution in [0.1, 0.15) is 15.9 Å². The number of phenols is 1. The van der Waals surface area contributed by atoms with Gasteiger partial charge >= 0.3 is 0 Å². The second-order valence-electron chi connectivity index (χ2n) is 7.02. The first kappa shape index (κ1) is 16.4. The van der Waals surface area contributed by atoms with Gasteiger partial charge in [-0.3, -0.25) is 4.79 Å². The number of phenolic OH excluding ortho intramolecular Hbond substituents is 1. The van der Waals surface area contributed by atoms with Gasteiger partial charge in [0.15, 0.2) is 0 Å². The predicted molar refractivity (Wildman–Crippen MR) is 114 cm³/mol. The van der Waals surface area contributed by atoms with E-state index in [1.165, 1.54) is 0 Å². The molecule has 136 valence electrons. The molecule has 4 heteroatoms. The minimum Gasteiger partial charge on any atom is -0.507 e. The number of anilines is 1. The lowest BCUT2D eigenvalue weighted by molar-refractivity contribution is 0.102. The molecule has 4 aromatic carbocycles. The van der Waals surface area contributed by atoms with E-state index in [2.05, 4.69) is 22.4 Å². The molecule has 3 N–H and O–H groups in total. The van der Waals surface area contributed by atoms with Gasteiger partial charge < -0.3 is 15.4 Å². The van der Waals surface area contributed by atoms with Gasteiger partial charge in [-0.15, -0.1) is 0 Å². The number of carbonyl (C=O) groups is 1. The number of aryl methyl sites for hydroxylation is 1. The molecular weight excluding hydrogens is 348 g/mol. The molecule has 0 spiro atoms. The molecule has 0 unspecified atom stereocenters. The molecule has 0 aliphatic rings. The Labute approximate surface area is 161 Å². The number of aromatic hydroxyl groups is 1. The Balaban J connectivity index is 1.64. The Bertz CT molecular complexity index is 1380. The highest BCUT2D eigenvalue weighted by Crippen LogP contribution is 2.34. The van der Waals surface area contributed by atoms with Crippen LogP contribution in [0.25, 0.3) is 32.6 Å². The third-order valence-corrected chi connectivity index (χ3v) is 5.25. The quantitative estimate of drug-likeness (QED) is 0.373. The van der Waals surface area contributed by atoms with Crippen molar-refractivity contribution in [2.45, 2.75) is 6.92 Å². The molecule has 4 nitrogen and oxygen atoms in total. The van der Waals surface area contributed by atoms with Crippen molar-refractivity contribution in [3.63, 3.8) is 0 Å². The van der Waals surface area contributed by atoms with Gasteiger partial charge in [0.2, 0.25) is 0 Å². The fraction of sp³-hybridized carbons (Fsp3) is 0.0417. The van der Waals surface area contributed by atoms with Crippen molar-refractivity contribution in [1.29, 1.82) is 0 Å². The first-order valence-electron chi connectivity index (χ1n) is 9.15. The van der Waals surface area contributed by atoms with Crippen LogP contribution in [0.2, 0.25) is 0 Å². The van der Waals surface area contributed by atoms with Crippen molar-refractivity contribution in [3.05, 3.63) is 83.9 Å². The molecule has 1 amide bonds. The van der Waals surface area contributed by atoms with E-state index in [1.807, 2.05) is 55.5 Å². The van der Waals surface area contributed by atoms with Gasteiger partial charge in [0.25, 0.3) is 5.91 Å². The van der Waals surface area contributed by atoms with Crippen molar-refractivity contribution in [2.24, 2.45) is 0 Å². The average molecular weight is 366 g/mol. The van der Waals surface area contributed by atoms with Crippen LogP contribution in [0.3, 0.4) is 0 Å². The number of aromatic amines is 1. The summed E-state index contributed by atoms with van der Waals surface area (Å²) in [6, 6.07) is 23.1. The zero-order valence-corrected chi connectivity index (χ0v) is 15.3. The molecule has 28 heavy (non-hydrogen) atoms. The lowest BCUT2D eigenvalue weighted by Gasteiger charge is -2.11. The molecule has 0 saturated heterocycles. The molecule has 0 bridgehead atoms. The number of hydrogen-bond donors (Lipinski definition) is 3. The topological polar surface area (TPSA) is 65.1 Å². The van der Waals surface area contributed by atoms with Crippen LogP contribution in [0, 0.1) is 6.92 Å². The lowest BCUT2D eigenvalue weighted by atomic mass is 10.0. The molecule has 0 aliphatic heterocycles. The van der Waals surface area contributed by atoms with Crippen LogP contribution in [0.4, 0.5) is 5.69 Å². The number of carbonyl (C=O) groups excluding carboxylic acids is 1. The Morgan fingerprint density at radius 3 is 2.54 bits per heavy atom. The average Bonchev–Trinajstić information content (AvgIpc) is 3.08. The number of amides is 1. The van der Waals surface area contributed by atoms with E-state index >= 15 is 0 Å². The molecule has 0 fully saturated rings. The summed E-state index contributed by atoms with van der Waals surface area (Å²) in [7, 11) is 0. The lowest BCUT2D eigenvalue weighted by Crippen LogP contribution is -2.13. The van der Waals surface area contributed by atoms with Crippen LogP contribution in [-0.4, -0.2) is 16.0 Å². The number of aromatic nitrogens is 1. The summed E-state index contributed by atoms with van der Waals surface area (Å²) in [5.41, 5.74) is 3.96. The molecule has 1 heterocycles. The molecule has 0 saturated carbocycles. The summed E-state index contributed by atoms with van der Waals surface area (Å²) in [4.78, 5) is 16.2. The summed E-state index contributed by atoms with van der Waals surface area (Å²) in [5.74, 6) is -0.366. The van der Waals surface area contributed by atoms with Crippen molar-refractivity contribution < 1.29 is 9.90 Å². The van der Waals surface area contributed by atoms with E-state index < -0.39 is 0 Å². The number of hydrogen-bond acceptors (Lipinski definition) is 2. The van der Waals surface area contributed by atoms with E-state index in [0.717, 1.165) is 43.8 Å². The van der Waals surface area contributed by atoms with E-state index in [4.69, 9.17) is 0 Å². The summed E-state index contributed by atoms with van der Waals surface area (Å²) in [5, 5.41) is 17.5. The van der Waals surface area contributed by atoms with Crippen molar-refractivity contribution in [2.75, 3.05) is 5.32 Å². The second kappa shape index (κ2) is 6.13. The Morgan fingerprint density at radius 2 is 1.68 bits per heavy atom. The van der Waals surface area contributed by atoms with Crippen LogP contribution >= 0.6 is 0 Å². The standard InChI is InChI=1S/C24H18N2O2/c1-14-6-2-4-8-20(14)26-24(28)19-12-15-10-11-17-16-7-3-5-9-21(16)25-23(17)18(15)13-22(19)27/h2-13,25,27H,1H3,(H,26,28). The fourth-order valence-corrected chi connectivity index (χ4v) is 3.77. The highest BCUT2D eigenvalue weighted by molar-refractivity contribution is 6.18. The number of nitrogens with one attached hydrogen (secondary N) is 2. The fourth-order valence-electron chi connectivity index (χ4n) is 3.77. The molecule has 5 rings (SSSR count). The molecular formula is C24H18N2O2. The SMILES string of the molecule is Cc1ccccc1NC(=O)c1cc2ccc3c4ccccc4[nH]c3c2cc1O. The normalized spacial score (nSPS) is 11.3. The smallest absolute Gasteiger partial charge is 0.259 e. The molecule has 0 atom stereocenters. The third-order valence-electron chi connectivity index (χ3n) is 5.25. The van der Waals surface area contributed by atoms with Crippen LogP contribution in [0.5, 0.6) is 5.75 Å². The predicted octanol–water partition coefficient (Wildman–Crippen LogP) is 5.74. The first-order valence-corrected chi connectivity index (χ1v) is 9.15. The summed E-state index contributed by atoms with van der Waals surface area (Å²) >= 11 is 0. The maximum atomic E-state index is 12.8. The van der Waals surface area contributed by atoms with Gasteiger partial charge in [-0.1, -0.05) is 48.5 Å². The van der Waals surface area contributed by atoms with Gasteiger partial charge in [-0.05, 0) is 42.1 Å². The Hall–Kier alpha value is -3.79. The number of benzene rings is 4. The molecule has 5 aromatic rings. The highest BCUT2D eigenvalue weighted by Gasteiger charge is 2.16. The summed E-state index contributed by atoms with van der Waals surface area (Å²) in [6.07, 6.45) is 0. The van der Waals surface area contributed by atoms with Gasteiger partial charge in [0.05, 0.1) is 11.1 Å². The molecule has 1 aromatic heterocycles. The van der Waals surface area contributed by atoms with Crippen molar-refractivity contribution in [3.8, 4) is 5.75 Å². The summed E-state index contributed by atoms with van der Waals surface area (Å²) < 4.78 is 0. The van der Waals surface area contributed by atoms with E-state index in [9.17, 15) is 9.90 Å². The van der Waals surface area contributed by atoms with Crippen LogP contribution in [-0.2, 0) is 0 Å². The maximum absolute atomic E-state index is 12.8. The van der Waals surface area contributed by atoms with E-state index in [0.29, 0.717) is 0 Å². The minimum atomic E-state index is -0.328. The first-order chi connectivity index (χ1) is 13.6. The minimum absolute atomic E-state index is 0.0373. The van der Waals surface area contributed by atoms with Crippen molar-refractivity contribution >= 4 is 44.2 Å². The monoisotopic (exact) mass is 366 g/mol. The van der Waals surface area contributed by atoms with Crippen LogP contribution in [0.15, 0.2) is 72.8 Å². The maximum Gasteiger partial charge on any atom is 0.259 e. The summed E-state index contributed by atoms with van der Waals surface area (Å²) in [6.45, 7) is 1.93. The number of H-pyrrole nitrogens is 1. The Morgan fingerprint density at radius 1 is 0.893 bits per heavy atom. The highest BCUT2D eigenvalue weighted by atomic mass is 16.3. The third kappa shape index (κ3) is 2.50. The zero-order chi connectivity index (χ0) is 19.3. The number of para-hydroxylation sites is 2. The largest absolute Gasteiger partial charge is 0.507 e. The zero-order valence-electron chi connectivity index (χ0n) is 15.3. The van der Waals surface area contributed by atoms with Gasteiger partial charge in [0.1, 0.15) is 5.75 Å². The molecule has 0 aliphatic carbocycles. The molecule has 0 radical (unpaired) electrons. The van der Waals surface area contributed by atoms with Gasteiger partial charge in [-0.2, -0.15) is 0 Å². The van der Waals surface area contributed by atoms with Gasteiger partial charge in [0, 0.05) is 27.4 Å². The number of rotatable bonds is 2. The van der Waals surface area contributed by atoms with Crippen molar-refractivity contribution in [1.82, 2.24) is 4.98 Å². The van der Waals surface area contributed by atoms with Crippen LogP contribution < -0.4 is 5.32 Å². The second-order valence-corrected chi connectivity index (χ2v) is 7.02.